The molecular weight excluding hydrogens is 374 g/mol. The summed E-state index contributed by atoms with van der Waals surface area (Å²) in [5.74, 6) is 1.19. The van der Waals surface area contributed by atoms with Gasteiger partial charge in [0.05, 0.1) is 6.04 Å². The smallest absolute Gasteiger partial charge is 0.227 e. The number of nitrogens with zero attached hydrogens (tertiary/aromatic N) is 3. The van der Waals surface area contributed by atoms with E-state index < -0.39 is 0 Å². The second kappa shape index (κ2) is 9.27. The van der Waals surface area contributed by atoms with E-state index in [9.17, 15) is 4.79 Å². The SMILES string of the molecule is O=C1CC[C@@H](CN2CCCCC2)N1c1cccc(OC2CC(N3CCCCC3)C2)c1. The summed E-state index contributed by atoms with van der Waals surface area (Å²) in [7, 11) is 0. The van der Waals surface area contributed by atoms with Crippen molar-refractivity contribution >= 4 is 11.6 Å². The van der Waals surface area contributed by atoms with E-state index in [0.29, 0.717) is 24.6 Å². The van der Waals surface area contributed by atoms with E-state index >= 15 is 0 Å². The average molecular weight is 412 g/mol. The summed E-state index contributed by atoms with van der Waals surface area (Å²) in [6.45, 7) is 5.91. The normalized spacial score (nSPS) is 31.0. The van der Waals surface area contributed by atoms with Gasteiger partial charge in [0.2, 0.25) is 5.91 Å². The Morgan fingerprint density at radius 3 is 2.43 bits per heavy atom. The maximum atomic E-state index is 12.7. The zero-order chi connectivity index (χ0) is 20.3. The fraction of sp³-hybridized carbons (Fsp3) is 0.720. The third-order valence-corrected chi connectivity index (χ3v) is 7.62. The minimum atomic E-state index is 0.267. The number of carbonyl (C=O) groups excluding carboxylic acids is 1. The quantitative estimate of drug-likeness (QED) is 0.707. The van der Waals surface area contributed by atoms with Crippen molar-refractivity contribution in [1.29, 1.82) is 0 Å². The fourth-order valence-electron chi connectivity index (χ4n) is 5.83. The Morgan fingerprint density at radius 1 is 0.933 bits per heavy atom. The molecule has 1 aromatic rings. The maximum absolute atomic E-state index is 12.7. The monoisotopic (exact) mass is 411 g/mol. The van der Waals surface area contributed by atoms with Gasteiger partial charge in [-0.3, -0.25) is 4.79 Å². The molecule has 4 fully saturated rings. The molecule has 0 unspecified atom stereocenters. The van der Waals surface area contributed by atoms with Crippen LogP contribution in [0.4, 0.5) is 5.69 Å². The van der Waals surface area contributed by atoms with Gasteiger partial charge in [-0.1, -0.05) is 18.9 Å². The number of carbonyl (C=O) groups is 1. The molecule has 0 bridgehead atoms. The van der Waals surface area contributed by atoms with E-state index in [1.807, 2.05) is 0 Å². The average Bonchev–Trinajstić information content (AvgIpc) is 3.12. The van der Waals surface area contributed by atoms with Crippen molar-refractivity contribution < 1.29 is 9.53 Å². The van der Waals surface area contributed by atoms with Gasteiger partial charge in [-0.05, 0) is 70.4 Å². The second-order valence-electron chi connectivity index (χ2n) is 9.78. The predicted molar refractivity (Wildman–Crippen MR) is 120 cm³/mol. The highest BCUT2D eigenvalue weighted by Gasteiger charge is 2.36. The Bertz CT molecular complexity index is 721. The van der Waals surface area contributed by atoms with Gasteiger partial charge >= 0.3 is 0 Å². The van der Waals surface area contributed by atoms with Gasteiger partial charge in [-0.2, -0.15) is 0 Å². The first-order valence-corrected chi connectivity index (χ1v) is 12.3. The number of amides is 1. The van der Waals surface area contributed by atoms with E-state index in [1.165, 1.54) is 64.7 Å². The van der Waals surface area contributed by atoms with Gasteiger partial charge < -0.3 is 19.4 Å². The van der Waals surface area contributed by atoms with Crippen LogP contribution in [0.5, 0.6) is 5.75 Å². The van der Waals surface area contributed by atoms with Crippen LogP contribution in [-0.2, 0) is 4.79 Å². The highest BCUT2D eigenvalue weighted by atomic mass is 16.5. The van der Waals surface area contributed by atoms with Crippen molar-refractivity contribution in [3.63, 3.8) is 0 Å². The molecule has 5 nitrogen and oxygen atoms in total. The molecule has 1 saturated carbocycles. The first-order valence-electron chi connectivity index (χ1n) is 12.3. The Morgan fingerprint density at radius 2 is 1.67 bits per heavy atom. The second-order valence-corrected chi connectivity index (χ2v) is 9.78. The molecule has 1 aromatic carbocycles. The summed E-state index contributed by atoms with van der Waals surface area (Å²) in [5.41, 5.74) is 1.02. The molecule has 30 heavy (non-hydrogen) atoms. The number of ether oxygens (including phenoxy) is 1. The third kappa shape index (κ3) is 4.52. The van der Waals surface area contributed by atoms with Gasteiger partial charge in [0.25, 0.3) is 0 Å². The maximum Gasteiger partial charge on any atom is 0.227 e. The molecule has 3 heterocycles. The summed E-state index contributed by atoms with van der Waals surface area (Å²) in [6.07, 6.45) is 12.3. The minimum Gasteiger partial charge on any atom is -0.490 e. The van der Waals surface area contributed by atoms with Crippen LogP contribution in [0.1, 0.15) is 64.2 Å². The van der Waals surface area contributed by atoms with Crippen LogP contribution >= 0.6 is 0 Å². The molecule has 3 aliphatic heterocycles. The van der Waals surface area contributed by atoms with Crippen molar-refractivity contribution in [1.82, 2.24) is 9.80 Å². The summed E-state index contributed by atoms with van der Waals surface area (Å²) >= 11 is 0. The topological polar surface area (TPSA) is 36.0 Å². The highest BCUT2D eigenvalue weighted by molar-refractivity contribution is 5.96. The molecule has 0 spiro atoms. The number of hydrogen-bond donors (Lipinski definition) is 0. The summed E-state index contributed by atoms with van der Waals surface area (Å²) in [5, 5.41) is 0. The lowest BCUT2D eigenvalue weighted by Crippen LogP contribution is -2.50. The van der Waals surface area contributed by atoms with E-state index in [-0.39, 0.29) is 5.91 Å². The van der Waals surface area contributed by atoms with Crippen LogP contribution in [0.15, 0.2) is 24.3 Å². The third-order valence-electron chi connectivity index (χ3n) is 7.62. The van der Waals surface area contributed by atoms with Crippen LogP contribution in [0.2, 0.25) is 0 Å². The summed E-state index contributed by atoms with van der Waals surface area (Å²) < 4.78 is 6.32. The largest absolute Gasteiger partial charge is 0.490 e. The van der Waals surface area contributed by atoms with Crippen molar-refractivity contribution in [2.24, 2.45) is 0 Å². The van der Waals surface area contributed by atoms with E-state index in [0.717, 1.165) is 37.2 Å². The van der Waals surface area contributed by atoms with Gasteiger partial charge in [-0.25, -0.2) is 0 Å². The molecule has 5 rings (SSSR count). The van der Waals surface area contributed by atoms with Crippen LogP contribution in [0.25, 0.3) is 0 Å². The lowest BCUT2D eigenvalue weighted by Gasteiger charge is -2.44. The van der Waals surface area contributed by atoms with E-state index in [4.69, 9.17) is 4.74 Å². The predicted octanol–water partition coefficient (Wildman–Crippen LogP) is 4.06. The number of hydrogen-bond acceptors (Lipinski definition) is 4. The molecule has 0 N–H and O–H groups in total. The number of benzene rings is 1. The van der Waals surface area contributed by atoms with Crippen molar-refractivity contribution in [3.05, 3.63) is 24.3 Å². The molecule has 0 radical (unpaired) electrons. The number of anilines is 1. The molecule has 0 aromatic heterocycles. The summed E-state index contributed by atoms with van der Waals surface area (Å²) in [4.78, 5) is 20.0. The first kappa shape index (κ1) is 20.3. The van der Waals surface area contributed by atoms with Gasteiger partial charge in [0.1, 0.15) is 11.9 Å². The molecule has 1 aliphatic carbocycles. The standard InChI is InChI=1S/C25H37N3O2/c29-25-11-10-21(19-26-12-3-1-4-13-26)28(25)20-8-7-9-23(16-20)30-24-17-22(18-24)27-14-5-2-6-15-27/h7-9,16,21-22,24H,1-6,10-15,17-19H2/t21-,22?,24?/m0/s1. The zero-order valence-electron chi connectivity index (χ0n) is 18.3. The zero-order valence-corrected chi connectivity index (χ0v) is 18.3. The molecule has 1 amide bonds. The number of rotatable bonds is 6. The van der Waals surface area contributed by atoms with E-state index in [1.54, 1.807) is 0 Å². The lowest BCUT2D eigenvalue weighted by atomic mass is 9.86. The van der Waals surface area contributed by atoms with Crippen LogP contribution in [0, 0.1) is 0 Å². The van der Waals surface area contributed by atoms with Crippen molar-refractivity contribution in [2.45, 2.75) is 82.4 Å². The van der Waals surface area contributed by atoms with Gasteiger partial charge in [-0.15, -0.1) is 0 Å². The van der Waals surface area contributed by atoms with Crippen LogP contribution in [0.3, 0.4) is 0 Å². The molecule has 1 atom stereocenters. The molecular formula is C25H37N3O2. The minimum absolute atomic E-state index is 0.267. The number of piperidine rings is 2. The van der Waals surface area contributed by atoms with Crippen LogP contribution in [-0.4, -0.2) is 66.6 Å². The lowest BCUT2D eigenvalue weighted by molar-refractivity contribution is -0.117. The summed E-state index contributed by atoms with van der Waals surface area (Å²) in [6, 6.07) is 9.30. The molecule has 5 heteroatoms. The number of likely N-dealkylation sites (tertiary alicyclic amines) is 2. The Balaban J connectivity index is 1.19. The van der Waals surface area contributed by atoms with Crippen LogP contribution < -0.4 is 9.64 Å². The molecule has 3 saturated heterocycles. The Kier molecular flexibility index (Phi) is 6.28. The van der Waals surface area contributed by atoms with E-state index in [2.05, 4.69) is 39.0 Å². The van der Waals surface area contributed by atoms with Crippen molar-refractivity contribution in [3.8, 4) is 5.75 Å². The Labute approximate surface area is 181 Å². The van der Waals surface area contributed by atoms with Gasteiger partial charge in [0, 0.05) is 43.6 Å². The Hall–Kier alpha value is -1.59. The highest BCUT2D eigenvalue weighted by Crippen LogP contribution is 2.34. The first-order chi connectivity index (χ1) is 14.8. The van der Waals surface area contributed by atoms with Gasteiger partial charge in [0.15, 0.2) is 0 Å². The molecule has 164 valence electrons. The fourth-order valence-corrected chi connectivity index (χ4v) is 5.83. The molecule has 4 aliphatic rings. The van der Waals surface area contributed by atoms with Crippen molar-refractivity contribution in [2.75, 3.05) is 37.6 Å².